The molecule has 16 heavy (non-hydrogen) atoms. The van der Waals surface area contributed by atoms with Crippen molar-refractivity contribution in [2.45, 2.75) is 30.4 Å². The minimum absolute atomic E-state index is 0.00642. The van der Waals surface area contributed by atoms with Crippen LogP contribution in [-0.4, -0.2) is 23.6 Å². The van der Waals surface area contributed by atoms with Crippen LogP contribution in [-0.2, 0) is 11.3 Å². The molecule has 0 radical (unpaired) electrons. The van der Waals surface area contributed by atoms with E-state index in [2.05, 4.69) is 0 Å². The lowest BCUT2D eigenvalue weighted by Crippen LogP contribution is -2.08. The number of aliphatic hydroxyl groups is 1. The molecule has 0 saturated carbocycles. The van der Waals surface area contributed by atoms with Crippen LogP contribution in [0.3, 0.4) is 0 Å². The Labute approximate surface area is 105 Å². The predicted octanol–water partition coefficient (Wildman–Crippen LogP) is 3.10. The number of halogens is 1. The minimum Gasteiger partial charge on any atom is -0.392 e. The third kappa shape index (κ3) is 2.92. The summed E-state index contributed by atoms with van der Waals surface area (Å²) >= 11 is 7.73. The third-order valence-corrected chi connectivity index (χ3v) is 4.27. The van der Waals surface area contributed by atoms with E-state index in [-0.39, 0.29) is 6.61 Å². The molecule has 88 valence electrons. The Hall–Kier alpha value is -0.220. The van der Waals surface area contributed by atoms with Crippen molar-refractivity contribution >= 4 is 23.4 Å². The smallest absolute Gasteiger partial charge is 0.0707 e. The Morgan fingerprint density at radius 3 is 3.06 bits per heavy atom. The van der Waals surface area contributed by atoms with E-state index in [0.29, 0.717) is 11.1 Å². The van der Waals surface area contributed by atoms with Crippen LogP contribution in [0.15, 0.2) is 23.1 Å². The summed E-state index contributed by atoms with van der Waals surface area (Å²) in [7, 11) is 0. The number of ether oxygens (including phenoxy) is 1. The van der Waals surface area contributed by atoms with Gasteiger partial charge in [0.15, 0.2) is 0 Å². The first-order chi connectivity index (χ1) is 7.81. The van der Waals surface area contributed by atoms with Gasteiger partial charge in [-0.25, -0.2) is 0 Å². The average molecular weight is 259 g/mol. The first-order valence-electron chi connectivity index (χ1n) is 5.44. The molecule has 1 aliphatic rings. The molecule has 1 unspecified atom stereocenters. The van der Waals surface area contributed by atoms with Gasteiger partial charge in [0.1, 0.15) is 0 Å². The fraction of sp³-hybridized carbons (Fsp3) is 0.500. The maximum Gasteiger partial charge on any atom is 0.0707 e. The van der Waals surface area contributed by atoms with E-state index in [1.807, 2.05) is 18.2 Å². The number of aliphatic hydroxyl groups excluding tert-OH is 1. The zero-order valence-electron chi connectivity index (χ0n) is 8.99. The molecule has 1 heterocycles. The highest BCUT2D eigenvalue weighted by Crippen LogP contribution is 2.30. The number of thioether (sulfide) groups is 1. The van der Waals surface area contributed by atoms with Crippen molar-refractivity contribution < 1.29 is 9.84 Å². The van der Waals surface area contributed by atoms with Gasteiger partial charge in [-0.05, 0) is 25.0 Å². The van der Waals surface area contributed by atoms with Crippen molar-refractivity contribution in [2.75, 3.05) is 12.4 Å². The summed E-state index contributed by atoms with van der Waals surface area (Å²) in [5.74, 6) is 0.938. The van der Waals surface area contributed by atoms with E-state index in [1.165, 1.54) is 0 Å². The van der Waals surface area contributed by atoms with Gasteiger partial charge < -0.3 is 9.84 Å². The fourth-order valence-electron chi connectivity index (χ4n) is 1.79. The molecule has 1 saturated heterocycles. The summed E-state index contributed by atoms with van der Waals surface area (Å²) in [6, 6.07) is 5.72. The van der Waals surface area contributed by atoms with E-state index in [4.69, 9.17) is 16.3 Å². The van der Waals surface area contributed by atoms with E-state index in [1.54, 1.807) is 11.8 Å². The topological polar surface area (TPSA) is 29.5 Å². The van der Waals surface area contributed by atoms with Gasteiger partial charge in [-0.3, -0.25) is 0 Å². The molecule has 4 heteroatoms. The Morgan fingerprint density at radius 2 is 2.38 bits per heavy atom. The van der Waals surface area contributed by atoms with Gasteiger partial charge in [0, 0.05) is 27.8 Å². The van der Waals surface area contributed by atoms with Crippen LogP contribution in [0.25, 0.3) is 0 Å². The van der Waals surface area contributed by atoms with Crippen LogP contribution in [0, 0.1) is 0 Å². The van der Waals surface area contributed by atoms with Crippen LogP contribution in [0.1, 0.15) is 18.4 Å². The summed E-state index contributed by atoms with van der Waals surface area (Å²) in [5, 5.41) is 9.90. The van der Waals surface area contributed by atoms with Gasteiger partial charge in [-0.1, -0.05) is 17.7 Å². The molecule has 1 atom stereocenters. The summed E-state index contributed by atoms with van der Waals surface area (Å²) in [4.78, 5) is 1.06. The molecule has 2 rings (SSSR count). The summed E-state index contributed by atoms with van der Waals surface area (Å²) in [5.41, 5.74) is 0.826. The lowest BCUT2D eigenvalue weighted by atomic mass is 10.2. The van der Waals surface area contributed by atoms with Crippen molar-refractivity contribution in [3.05, 3.63) is 28.8 Å². The summed E-state index contributed by atoms with van der Waals surface area (Å²) in [6.45, 7) is 0.876. The van der Waals surface area contributed by atoms with E-state index >= 15 is 0 Å². The molecule has 1 aromatic rings. The lowest BCUT2D eigenvalue weighted by molar-refractivity contribution is 0.129. The van der Waals surface area contributed by atoms with Crippen molar-refractivity contribution in [1.29, 1.82) is 0 Å². The number of benzene rings is 1. The molecule has 0 aliphatic carbocycles. The van der Waals surface area contributed by atoms with Gasteiger partial charge in [0.05, 0.1) is 12.7 Å². The van der Waals surface area contributed by atoms with Crippen molar-refractivity contribution in [3.63, 3.8) is 0 Å². The Kier molecular flexibility index (Phi) is 4.53. The Balaban J connectivity index is 2.00. The van der Waals surface area contributed by atoms with Gasteiger partial charge in [-0.15, -0.1) is 11.8 Å². The second-order valence-corrected chi connectivity index (χ2v) is 5.29. The van der Waals surface area contributed by atoms with Crippen LogP contribution >= 0.6 is 23.4 Å². The van der Waals surface area contributed by atoms with Crippen molar-refractivity contribution in [3.8, 4) is 0 Å². The molecular weight excluding hydrogens is 244 g/mol. The lowest BCUT2D eigenvalue weighted by Gasteiger charge is -2.11. The molecule has 0 amide bonds. The predicted molar refractivity (Wildman–Crippen MR) is 67.1 cm³/mol. The van der Waals surface area contributed by atoms with Crippen LogP contribution in [0.2, 0.25) is 5.02 Å². The van der Waals surface area contributed by atoms with E-state index < -0.39 is 0 Å². The highest BCUT2D eigenvalue weighted by Gasteiger charge is 2.16. The maximum atomic E-state index is 9.26. The van der Waals surface area contributed by atoms with Crippen LogP contribution in [0.5, 0.6) is 0 Å². The normalized spacial score (nSPS) is 20.2. The third-order valence-electron chi connectivity index (χ3n) is 2.68. The molecular formula is C12H15ClO2S. The van der Waals surface area contributed by atoms with Crippen LogP contribution < -0.4 is 0 Å². The first-order valence-corrected chi connectivity index (χ1v) is 6.80. The second kappa shape index (κ2) is 5.92. The quantitative estimate of drug-likeness (QED) is 0.842. The molecule has 1 aromatic carbocycles. The molecule has 1 aliphatic heterocycles. The van der Waals surface area contributed by atoms with Gasteiger partial charge >= 0.3 is 0 Å². The SMILES string of the molecule is OCc1c(Cl)cccc1SCC1CCCO1. The largest absolute Gasteiger partial charge is 0.392 e. The molecule has 1 fully saturated rings. The van der Waals surface area contributed by atoms with Crippen molar-refractivity contribution in [2.24, 2.45) is 0 Å². The number of rotatable bonds is 4. The molecule has 0 spiro atoms. The molecule has 2 nitrogen and oxygen atoms in total. The zero-order chi connectivity index (χ0) is 11.4. The van der Waals surface area contributed by atoms with Gasteiger partial charge in [0.25, 0.3) is 0 Å². The number of hydrogen-bond donors (Lipinski definition) is 1. The monoisotopic (exact) mass is 258 g/mol. The highest BCUT2D eigenvalue weighted by atomic mass is 35.5. The summed E-state index contributed by atoms with van der Waals surface area (Å²) < 4.78 is 5.56. The van der Waals surface area contributed by atoms with E-state index in [0.717, 1.165) is 35.7 Å². The van der Waals surface area contributed by atoms with Crippen LogP contribution in [0.4, 0.5) is 0 Å². The molecule has 0 aromatic heterocycles. The van der Waals surface area contributed by atoms with Gasteiger partial charge in [-0.2, -0.15) is 0 Å². The standard InChI is InChI=1S/C12H15ClO2S/c13-11-4-1-5-12(10(11)7-14)16-8-9-3-2-6-15-9/h1,4-5,9,14H,2-3,6-8H2. The number of hydrogen-bond acceptors (Lipinski definition) is 3. The molecule has 0 bridgehead atoms. The van der Waals surface area contributed by atoms with Gasteiger partial charge in [0.2, 0.25) is 0 Å². The minimum atomic E-state index is -0.00642. The highest BCUT2D eigenvalue weighted by molar-refractivity contribution is 7.99. The zero-order valence-corrected chi connectivity index (χ0v) is 10.6. The van der Waals surface area contributed by atoms with E-state index in [9.17, 15) is 5.11 Å². The Bertz CT molecular complexity index is 351. The average Bonchev–Trinajstić information content (AvgIpc) is 2.79. The Morgan fingerprint density at radius 1 is 1.50 bits per heavy atom. The molecule has 1 N–H and O–H groups in total. The first kappa shape index (κ1) is 12.2. The van der Waals surface area contributed by atoms with Crippen molar-refractivity contribution in [1.82, 2.24) is 0 Å². The second-order valence-electron chi connectivity index (χ2n) is 3.82. The fourth-order valence-corrected chi connectivity index (χ4v) is 3.23. The summed E-state index contributed by atoms with van der Waals surface area (Å²) in [6.07, 6.45) is 2.66. The maximum absolute atomic E-state index is 9.26.